The van der Waals surface area contributed by atoms with Crippen molar-refractivity contribution >= 4 is 5.97 Å². The molecule has 0 N–H and O–H groups in total. The molecule has 0 aliphatic heterocycles. The van der Waals surface area contributed by atoms with Gasteiger partial charge in [0.1, 0.15) is 5.60 Å². The second-order valence-corrected chi connectivity index (χ2v) is 5.39. The highest BCUT2D eigenvalue weighted by molar-refractivity contribution is 5.73. The lowest BCUT2D eigenvalue weighted by molar-refractivity contribution is -0.162. The van der Waals surface area contributed by atoms with Gasteiger partial charge in [-0.15, -0.1) is 0 Å². The lowest BCUT2D eigenvalue weighted by atomic mass is 9.85. The van der Waals surface area contributed by atoms with E-state index in [9.17, 15) is 4.79 Å². The topological polar surface area (TPSA) is 26.3 Å². The molecule has 0 bridgehead atoms. The lowest BCUT2D eigenvalue weighted by Gasteiger charge is -2.31. The third-order valence-electron chi connectivity index (χ3n) is 3.40. The van der Waals surface area contributed by atoms with Gasteiger partial charge in [0.15, 0.2) is 0 Å². The van der Waals surface area contributed by atoms with Gasteiger partial charge in [-0.1, -0.05) is 24.6 Å². The van der Waals surface area contributed by atoms with Crippen LogP contribution >= 0.6 is 0 Å². The van der Waals surface area contributed by atoms with E-state index in [2.05, 4.69) is 26.5 Å². The van der Waals surface area contributed by atoms with E-state index in [1.165, 1.54) is 5.57 Å². The highest BCUT2D eigenvalue weighted by Gasteiger charge is 2.32. The predicted octanol–water partition coefficient (Wildman–Crippen LogP) is 4.02. The monoisotopic (exact) mass is 236 g/mol. The van der Waals surface area contributed by atoms with Gasteiger partial charge in [0.2, 0.25) is 0 Å². The van der Waals surface area contributed by atoms with Gasteiger partial charge in [-0.25, -0.2) is 0 Å². The van der Waals surface area contributed by atoms with E-state index in [0.717, 1.165) is 32.1 Å². The zero-order chi connectivity index (χ0) is 12.9. The van der Waals surface area contributed by atoms with Crippen LogP contribution in [0.25, 0.3) is 0 Å². The van der Waals surface area contributed by atoms with Crippen molar-refractivity contribution in [1.29, 1.82) is 0 Å². The summed E-state index contributed by atoms with van der Waals surface area (Å²) in [5, 5.41) is 0. The van der Waals surface area contributed by atoms with Crippen LogP contribution < -0.4 is 0 Å². The summed E-state index contributed by atoms with van der Waals surface area (Å²) in [6.45, 7) is 9.88. The molecule has 96 valence electrons. The first-order valence-corrected chi connectivity index (χ1v) is 6.46. The third-order valence-corrected chi connectivity index (χ3v) is 3.40. The number of ether oxygens (including phenoxy) is 1. The first-order valence-electron chi connectivity index (χ1n) is 6.46. The Hall–Kier alpha value is -1.05. The maximum Gasteiger partial charge on any atom is 0.309 e. The zero-order valence-corrected chi connectivity index (χ0v) is 11.3. The van der Waals surface area contributed by atoms with Crippen LogP contribution in [-0.2, 0) is 9.53 Å². The number of allylic oxidation sites excluding steroid dienone is 2. The average Bonchev–Trinajstić information content (AvgIpc) is 2.13. The number of hydrogen-bond acceptors (Lipinski definition) is 2. The Morgan fingerprint density at radius 2 is 2.12 bits per heavy atom. The van der Waals surface area contributed by atoms with E-state index in [1.54, 1.807) is 6.08 Å². The van der Waals surface area contributed by atoms with Crippen LogP contribution in [-0.4, -0.2) is 11.6 Å². The minimum Gasteiger partial charge on any atom is -0.455 e. The summed E-state index contributed by atoms with van der Waals surface area (Å²) in [5.74, 6) is 0.0913. The van der Waals surface area contributed by atoms with Crippen LogP contribution in [0.4, 0.5) is 0 Å². The Kier molecular flexibility index (Phi) is 4.98. The van der Waals surface area contributed by atoms with E-state index < -0.39 is 5.60 Å². The summed E-state index contributed by atoms with van der Waals surface area (Å²) in [6.07, 6.45) is 8.77. The molecule has 17 heavy (non-hydrogen) atoms. The fraction of sp³-hybridized carbons (Fsp3) is 0.667. The third kappa shape index (κ3) is 4.37. The SMILES string of the molecule is C=CC(C)(CCC=C(C)C)OC(=O)C1CCC1. The Labute approximate surface area is 105 Å². The first kappa shape index (κ1) is 14.0. The minimum absolute atomic E-state index is 0.0455. The second-order valence-electron chi connectivity index (χ2n) is 5.39. The van der Waals surface area contributed by atoms with Crippen LogP contribution in [0.3, 0.4) is 0 Å². The summed E-state index contributed by atoms with van der Waals surface area (Å²) in [6, 6.07) is 0. The maximum absolute atomic E-state index is 11.8. The number of rotatable bonds is 6. The largest absolute Gasteiger partial charge is 0.455 e. The highest BCUT2D eigenvalue weighted by atomic mass is 16.6. The van der Waals surface area contributed by atoms with E-state index in [4.69, 9.17) is 4.74 Å². The molecule has 0 radical (unpaired) electrons. The van der Waals surface area contributed by atoms with Crippen molar-refractivity contribution in [3.63, 3.8) is 0 Å². The fourth-order valence-corrected chi connectivity index (χ4v) is 1.80. The highest BCUT2D eigenvalue weighted by Crippen LogP contribution is 2.30. The Morgan fingerprint density at radius 3 is 2.53 bits per heavy atom. The van der Waals surface area contributed by atoms with Crippen LogP contribution in [0.5, 0.6) is 0 Å². The Bertz CT molecular complexity index is 309. The van der Waals surface area contributed by atoms with Gasteiger partial charge in [0.25, 0.3) is 0 Å². The standard InChI is InChI=1S/C15H24O2/c1-5-15(4,11-7-8-12(2)3)17-14(16)13-9-6-10-13/h5,8,13H,1,6-7,9-11H2,2-4H3. The molecule has 0 spiro atoms. The molecule has 1 fully saturated rings. The molecule has 1 rings (SSSR count). The molecular weight excluding hydrogens is 212 g/mol. The van der Waals surface area contributed by atoms with E-state index >= 15 is 0 Å². The molecule has 2 heteroatoms. The van der Waals surface area contributed by atoms with Gasteiger partial charge in [-0.3, -0.25) is 4.79 Å². The molecule has 0 amide bonds. The molecule has 1 atom stereocenters. The summed E-state index contributed by atoms with van der Waals surface area (Å²) < 4.78 is 5.59. The molecular formula is C15H24O2. The summed E-state index contributed by atoms with van der Waals surface area (Å²) in [4.78, 5) is 11.8. The van der Waals surface area contributed by atoms with Gasteiger partial charge in [0, 0.05) is 0 Å². The van der Waals surface area contributed by atoms with Crippen LogP contribution in [0, 0.1) is 5.92 Å². The number of carbonyl (C=O) groups excluding carboxylic acids is 1. The number of hydrogen-bond donors (Lipinski definition) is 0. The zero-order valence-electron chi connectivity index (χ0n) is 11.3. The first-order chi connectivity index (χ1) is 7.97. The van der Waals surface area contributed by atoms with Gasteiger partial charge in [-0.2, -0.15) is 0 Å². The number of carbonyl (C=O) groups is 1. The molecule has 0 aromatic rings. The van der Waals surface area contributed by atoms with Crippen molar-refractivity contribution < 1.29 is 9.53 Å². The second kappa shape index (κ2) is 6.04. The summed E-state index contributed by atoms with van der Waals surface area (Å²) in [7, 11) is 0. The average molecular weight is 236 g/mol. The van der Waals surface area contributed by atoms with Crippen molar-refractivity contribution in [2.24, 2.45) is 5.92 Å². The molecule has 1 aliphatic carbocycles. The fourth-order valence-electron chi connectivity index (χ4n) is 1.80. The van der Waals surface area contributed by atoms with Gasteiger partial charge in [-0.05, 0) is 52.5 Å². The van der Waals surface area contributed by atoms with Crippen LogP contribution in [0.15, 0.2) is 24.3 Å². The van der Waals surface area contributed by atoms with E-state index in [-0.39, 0.29) is 11.9 Å². The van der Waals surface area contributed by atoms with E-state index in [0.29, 0.717) is 0 Å². The smallest absolute Gasteiger partial charge is 0.309 e. The van der Waals surface area contributed by atoms with Gasteiger partial charge < -0.3 is 4.74 Å². The molecule has 1 unspecified atom stereocenters. The Balaban J connectivity index is 2.46. The van der Waals surface area contributed by atoms with Gasteiger partial charge in [0.05, 0.1) is 5.92 Å². The maximum atomic E-state index is 11.8. The van der Waals surface area contributed by atoms with Crippen molar-refractivity contribution in [2.75, 3.05) is 0 Å². The quantitative estimate of drug-likeness (QED) is 0.514. The normalized spacial score (nSPS) is 18.8. The van der Waals surface area contributed by atoms with Crippen molar-refractivity contribution in [1.82, 2.24) is 0 Å². The number of esters is 1. The molecule has 0 aromatic heterocycles. The molecule has 1 saturated carbocycles. The lowest BCUT2D eigenvalue weighted by Crippen LogP contribution is -2.34. The molecule has 0 saturated heterocycles. The molecule has 0 heterocycles. The van der Waals surface area contributed by atoms with Crippen molar-refractivity contribution in [3.8, 4) is 0 Å². The van der Waals surface area contributed by atoms with Crippen LogP contribution in [0.2, 0.25) is 0 Å². The molecule has 2 nitrogen and oxygen atoms in total. The summed E-state index contributed by atoms with van der Waals surface area (Å²) >= 11 is 0. The molecule has 0 aromatic carbocycles. The Morgan fingerprint density at radius 1 is 1.47 bits per heavy atom. The minimum atomic E-state index is -0.515. The predicted molar refractivity (Wildman–Crippen MR) is 70.7 cm³/mol. The summed E-state index contributed by atoms with van der Waals surface area (Å²) in [5.41, 5.74) is 0.778. The van der Waals surface area contributed by atoms with Crippen molar-refractivity contribution in [2.45, 2.75) is 58.5 Å². The van der Waals surface area contributed by atoms with Crippen molar-refractivity contribution in [3.05, 3.63) is 24.3 Å². The molecule has 1 aliphatic rings. The van der Waals surface area contributed by atoms with Gasteiger partial charge >= 0.3 is 5.97 Å². The van der Waals surface area contributed by atoms with E-state index in [1.807, 2.05) is 6.92 Å². The van der Waals surface area contributed by atoms with Crippen LogP contribution in [0.1, 0.15) is 52.9 Å².